The molecule has 0 radical (unpaired) electrons. The maximum atomic E-state index is 12.5. The van der Waals surface area contributed by atoms with E-state index < -0.39 is 0 Å². The average Bonchev–Trinajstić information content (AvgIpc) is 2.62. The summed E-state index contributed by atoms with van der Waals surface area (Å²) < 4.78 is 0. The van der Waals surface area contributed by atoms with Gasteiger partial charge in [-0.2, -0.15) is 0 Å². The van der Waals surface area contributed by atoms with Gasteiger partial charge in [0, 0.05) is 25.6 Å². The Labute approximate surface area is 144 Å². The van der Waals surface area contributed by atoms with E-state index in [9.17, 15) is 9.90 Å². The maximum Gasteiger partial charge on any atom is 0.222 e. The molecule has 128 valence electrons. The predicted molar refractivity (Wildman–Crippen MR) is 97.9 cm³/mol. The molecule has 24 heavy (non-hydrogen) atoms. The van der Waals surface area contributed by atoms with Crippen LogP contribution in [0.1, 0.15) is 38.2 Å². The standard InChI is InChI=1S/C21H27NO2/c1-16-9-10-18(15-23)14-22(16)21(24)8-4-5-17-11-12-19-6-2-3-7-20(19)13-17/h2-3,6-7,11-13,16,18,23H,4-5,8-10,14-15H2,1H3. The van der Waals surface area contributed by atoms with Crippen molar-refractivity contribution in [2.75, 3.05) is 13.2 Å². The maximum absolute atomic E-state index is 12.5. The van der Waals surface area contributed by atoms with Crippen molar-refractivity contribution in [3.05, 3.63) is 48.0 Å². The second-order valence-electron chi connectivity index (χ2n) is 7.06. The van der Waals surface area contributed by atoms with Crippen LogP contribution in [0, 0.1) is 5.92 Å². The van der Waals surface area contributed by atoms with Crippen molar-refractivity contribution in [3.63, 3.8) is 0 Å². The lowest BCUT2D eigenvalue weighted by molar-refractivity contribution is -0.136. The fourth-order valence-electron chi connectivity index (χ4n) is 3.66. The SMILES string of the molecule is CC1CCC(CO)CN1C(=O)CCCc1ccc2ccccc2c1. The van der Waals surface area contributed by atoms with E-state index in [4.69, 9.17) is 0 Å². The molecule has 2 aromatic rings. The monoisotopic (exact) mass is 325 g/mol. The third-order valence-electron chi connectivity index (χ3n) is 5.23. The van der Waals surface area contributed by atoms with Crippen LogP contribution in [0.25, 0.3) is 10.8 Å². The van der Waals surface area contributed by atoms with Gasteiger partial charge in [-0.15, -0.1) is 0 Å². The van der Waals surface area contributed by atoms with E-state index in [-0.39, 0.29) is 18.4 Å². The zero-order valence-electron chi connectivity index (χ0n) is 14.4. The molecule has 1 saturated heterocycles. The minimum Gasteiger partial charge on any atom is -0.396 e. The molecule has 3 heteroatoms. The van der Waals surface area contributed by atoms with E-state index in [2.05, 4.69) is 49.4 Å². The number of likely N-dealkylation sites (tertiary alicyclic amines) is 1. The molecule has 0 bridgehead atoms. The van der Waals surface area contributed by atoms with Gasteiger partial charge in [-0.3, -0.25) is 4.79 Å². The van der Waals surface area contributed by atoms with E-state index >= 15 is 0 Å². The van der Waals surface area contributed by atoms with Gasteiger partial charge in [-0.05, 0) is 54.9 Å². The molecule has 3 nitrogen and oxygen atoms in total. The van der Waals surface area contributed by atoms with Gasteiger partial charge in [0.05, 0.1) is 0 Å². The Morgan fingerprint density at radius 1 is 1.17 bits per heavy atom. The molecular weight excluding hydrogens is 298 g/mol. The Balaban J connectivity index is 1.53. The number of carbonyl (C=O) groups excluding carboxylic acids is 1. The first kappa shape index (κ1) is 17.0. The molecule has 0 saturated carbocycles. The largest absolute Gasteiger partial charge is 0.396 e. The first-order chi connectivity index (χ1) is 11.7. The molecule has 2 atom stereocenters. The van der Waals surface area contributed by atoms with Crippen LogP contribution in [0.15, 0.2) is 42.5 Å². The zero-order chi connectivity index (χ0) is 16.9. The second-order valence-corrected chi connectivity index (χ2v) is 7.06. The number of nitrogens with zero attached hydrogens (tertiary/aromatic N) is 1. The molecule has 0 aromatic heterocycles. The lowest BCUT2D eigenvalue weighted by Crippen LogP contribution is -2.46. The highest BCUT2D eigenvalue weighted by atomic mass is 16.3. The number of carbonyl (C=O) groups is 1. The molecule has 0 spiro atoms. The van der Waals surface area contributed by atoms with E-state index in [0.29, 0.717) is 19.0 Å². The van der Waals surface area contributed by atoms with Gasteiger partial charge in [0.2, 0.25) is 5.91 Å². The van der Waals surface area contributed by atoms with E-state index in [1.165, 1.54) is 16.3 Å². The van der Waals surface area contributed by atoms with Crippen LogP contribution in [0.3, 0.4) is 0 Å². The number of aliphatic hydroxyl groups excluding tert-OH is 1. The highest BCUT2D eigenvalue weighted by molar-refractivity contribution is 5.83. The summed E-state index contributed by atoms with van der Waals surface area (Å²) in [7, 11) is 0. The van der Waals surface area contributed by atoms with E-state index in [1.807, 2.05) is 4.90 Å². The van der Waals surface area contributed by atoms with Crippen molar-refractivity contribution in [3.8, 4) is 0 Å². The Morgan fingerprint density at radius 2 is 1.96 bits per heavy atom. The Kier molecular flexibility index (Phi) is 5.52. The van der Waals surface area contributed by atoms with Gasteiger partial charge in [-0.25, -0.2) is 0 Å². The number of piperidine rings is 1. The third-order valence-corrected chi connectivity index (χ3v) is 5.23. The van der Waals surface area contributed by atoms with Crippen molar-refractivity contribution in [1.29, 1.82) is 0 Å². The van der Waals surface area contributed by atoms with Gasteiger partial charge < -0.3 is 10.0 Å². The minimum absolute atomic E-state index is 0.188. The summed E-state index contributed by atoms with van der Waals surface area (Å²) in [6.07, 6.45) is 4.43. The summed E-state index contributed by atoms with van der Waals surface area (Å²) in [6.45, 7) is 3.02. The van der Waals surface area contributed by atoms with E-state index in [0.717, 1.165) is 25.7 Å². The summed E-state index contributed by atoms with van der Waals surface area (Å²) in [5, 5.41) is 11.9. The Hall–Kier alpha value is -1.87. The number of hydrogen-bond donors (Lipinski definition) is 1. The predicted octanol–water partition coefficient (Wildman–Crippen LogP) is 3.78. The summed E-state index contributed by atoms with van der Waals surface area (Å²) in [5.41, 5.74) is 1.29. The van der Waals surface area contributed by atoms with Gasteiger partial charge in [0.25, 0.3) is 0 Å². The number of aliphatic hydroxyl groups is 1. The average molecular weight is 325 g/mol. The van der Waals surface area contributed by atoms with Crippen molar-refractivity contribution < 1.29 is 9.90 Å². The highest BCUT2D eigenvalue weighted by Gasteiger charge is 2.27. The van der Waals surface area contributed by atoms with Crippen molar-refractivity contribution in [1.82, 2.24) is 4.90 Å². The number of fused-ring (bicyclic) bond motifs is 1. The number of amides is 1. The normalized spacial score (nSPS) is 21.2. The number of hydrogen-bond acceptors (Lipinski definition) is 2. The minimum atomic E-state index is 0.188. The van der Waals surface area contributed by atoms with Crippen LogP contribution in [-0.4, -0.2) is 35.1 Å². The van der Waals surface area contributed by atoms with Gasteiger partial charge >= 0.3 is 0 Å². The first-order valence-corrected chi connectivity index (χ1v) is 9.05. The fourth-order valence-corrected chi connectivity index (χ4v) is 3.66. The van der Waals surface area contributed by atoms with Crippen LogP contribution >= 0.6 is 0 Å². The summed E-state index contributed by atoms with van der Waals surface area (Å²) in [4.78, 5) is 14.5. The van der Waals surface area contributed by atoms with E-state index in [1.54, 1.807) is 0 Å². The van der Waals surface area contributed by atoms with Crippen LogP contribution in [0.5, 0.6) is 0 Å². The van der Waals surface area contributed by atoms with Gasteiger partial charge in [0.1, 0.15) is 0 Å². The molecule has 1 heterocycles. The number of rotatable bonds is 5. The van der Waals surface area contributed by atoms with Gasteiger partial charge in [0.15, 0.2) is 0 Å². The quantitative estimate of drug-likeness (QED) is 0.909. The molecular formula is C21H27NO2. The Bertz CT molecular complexity index is 697. The summed E-state index contributed by atoms with van der Waals surface area (Å²) in [5.74, 6) is 0.493. The smallest absolute Gasteiger partial charge is 0.222 e. The molecule has 1 aliphatic rings. The zero-order valence-corrected chi connectivity index (χ0v) is 14.4. The van der Waals surface area contributed by atoms with Crippen LogP contribution in [0.4, 0.5) is 0 Å². The molecule has 2 aromatic carbocycles. The Morgan fingerprint density at radius 3 is 2.75 bits per heavy atom. The van der Waals surface area contributed by atoms with Crippen LogP contribution in [-0.2, 0) is 11.2 Å². The molecule has 0 aliphatic carbocycles. The highest BCUT2D eigenvalue weighted by Crippen LogP contribution is 2.23. The van der Waals surface area contributed by atoms with Crippen LogP contribution in [0.2, 0.25) is 0 Å². The fraction of sp³-hybridized carbons (Fsp3) is 0.476. The topological polar surface area (TPSA) is 40.5 Å². The molecule has 1 amide bonds. The molecule has 1 N–H and O–H groups in total. The molecule has 2 unspecified atom stereocenters. The first-order valence-electron chi connectivity index (χ1n) is 9.05. The second kappa shape index (κ2) is 7.80. The third kappa shape index (κ3) is 3.96. The van der Waals surface area contributed by atoms with Crippen LogP contribution < -0.4 is 0 Å². The summed E-state index contributed by atoms with van der Waals surface area (Å²) >= 11 is 0. The lowest BCUT2D eigenvalue weighted by Gasteiger charge is -2.37. The van der Waals surface area contributed by atoms with Crippen molar-refractivity contribution in [2.45, 2.75) is 45.1 Å². The molecule has 1 fully saturated rings. The summed E-state index contributed by atoms with van der Waals surface area (Å²) in [6, 6.07) is 15.2. The van der Waals surface area contributed by atoms with Crippen molar-refractivity contribution >= 4 is 16.7 Å². The number of benzene rings is 2. The van der Waals surface area contributed by atoms with Gasteiger partial charge in [-0.1, -0.05) is 42.5 Å². The molecule has 1 aliphatic heterocycles. The number of aryl methyl sites for hydroxylation is 1. The lowest BCUT2D eigenvalue weighted by atomic mass is 9.93. The van der Waals surface area contributed by atoms with Crippen molar-refractivity contribution in [2.24, 2.45) is 5.92 Å². The molecule has 3 rings (SSSR count).